The lowest BCUT2D eigenvalue weighted by Gasteiger charge is -2.08. The summed E-state index contributed by atoms with van der Waals surface area (Å²) >= 11 is 5.27. The number of rotatable bonds is 3. The fourth-order valence-corrected chi connectivity index (χ4v) is 1.86. The number of aromatic amines is 1. The zero-order valence-electron chi connectivity index (χ0n) is 9.90. The van der Waals surface area contributed by atoms with Crippen molar-refractivity contribution in [2.45, 2.75) is 26.7 Å². The summed E-state index contributed by atoms with van der Waals surface area (Å²) in [5.74, 6) is 0.918. The molecule has 5 heteroatoms. The van der Waals surface area contributed by atoms with Crippen molar-refractivity contribution in [2.24, 2.45) is 0 Å². The molecule has 0 radical (unpaired) electrons. The van der Waals surface area contributed by atoms with Crippen molar-refractivity contribution >= 4 is 12.2 Å². The second-order valence-electron chi connectivity index (χ2n) is 3.87. The van der Waals surface area contributed by atoms with Crippen LogP contribution in [-0.4, -0.2) is 19.9 Å². The number of aryl methyl sites for hydroxylation is 1. The maximum absolute atomic E-state index is 5.27. The average molecular weight is 246 g/mol. The molecule has 0 unspecified atom stereocenters. The molecule has 0 aliphatic rings. The number of hydrogen-bond donors (Lipinski definition) is 1. The number of hydrogen-bond acceptors (Lipinski definition) is 4. The molecular formula is C12H14N4S. The summed E-state index contributed by atoms with van der Waals surface area (Å²) < 4.78 is 0.644. The Kier molecular flexibility index (Phi) is 3.58. The van der Waals surface area contributed by atoms with Gasteiger partial charge in [-0.25, -0.2) is 15.0 Å². The minimum Gasteiger partial charge on any atom is -0.343 e. The third-order valence-electron chi connectivity index (χ3n) is 2.54. The molecule has 0 spiro atoms. The molecule has 2 heterocycles. The normalized spacial score (nSPS) is 10.5. The molecule has 0 aliphatic carbocycles. The molecule has 0 aromatic carbocycles. The number of nitrogens with one attached hydrogen (secondary N) is 1. The zero-order valence-corrected chi connectivity index (χ0v) is 10.7. The van der Waals surface area contributed by atoms with Crippen molar-refractivity contribution in [1.29, 1.82) is 0 Å². The fraction of sp³-hybridized carbons (Fsp3) is 0.333. The van der Waals surface area contributed by atoms with E-state index >= 15 is 0 Å². The lowest BCUT2D eigenvalue weighted by atomic mass is 10.1. The summed E-state index contributed by atoms with van der Waals surface area (Å²) in [6, 6.07) is 0. The molecule has 0 bridgehead atoms. The highest BCUT2D eigenvalue weighted by atomic mass is 32.1. The molecule has 0 saturated carbocycles. The van der Waals surface area contributed by atoms with Crippen LogP contribution in [0.15, 0.2) is 18.7 Å². The van der Waals surface area contributed by atoms with Crippen molar-refractivity contribution < 1.29 is 0 Å². The van der Waals surface area contributed by atoms with Crippen LogP contribution in [0.4, 0.5) is 0 Å². The SMILES string of the molecule is CCCc1nc(=S)c(C)c(-c2cncnc2)[nH]1. The van der Waals surface area contributed by atoms with E-state index in [1.54, 1.807) is 12.4 Å². The van der Waals surface area contributed by atoms with Crippen LogP contribution < -0.4 is 0 Å². The van der Waals surface area contributed by atoms with Gasteiger partial charge in [-0.15, -0.1) is 0 Å². The molecule has 17 heavy (non-hydrogen) atoms. The van der Waals surface area contributed by atoms with Crippen LogP contribution >= 0.6 is 12.2 Å². The Hall–Kier alpha value is -1.62. The summed E-state index contributed by atoms with van der Waals surface area (Å²) in [5, 5.41) is 0. The van der Waals surface area contributed by atoms with Crippen molar-refractivity contribution in [3.05, 3.63) is 34.7 Å². The Morgan fingerprint density at radius 2 is 2.00 bits per heavy atom. The summed E-state index contributed by atoms with van der Waals surface area (Å²) in [4.78, 5) is 15.7. The minimum atomic E-state index is 0.644. The lowest BCUT2D eigenvalue weighted by Crippen LogP contribution is -2.00. The van der Waals surface area contributed by atoms with E-state index in [0.29, 0.717) is 4.64 Å². The van der Waals surface area contributed by atoms with Gasteiger partial charge in [-0.1, -0.05) is 19.1 Å². The Morgan fingerprint density at radius 1 is 1.29 bits per heavy atom. The average Bonchev–Trinajstić information content (AvgIpc) is 2.35. The summed E-state index contributed by atoms with van der Waals surface area (Å²) in [6.45, 7) is 4.08. The maximum Gasteiger partial charge on any atom is 0.133 e. The van der Waals surface area contributed by atoms with Gasteiger partial charge < -0.3 is 4.98 Å². The van der Waals surface area contributed by atoms with Crippen molar-refractivity contribution in [3.8, 4) is 11.3 Å². The van der Waals surface area contributed by atoms with Gasteiger partial charge in [-0.3, -0.25) is 0 Å². The molecule has 88 valence electrons. The van der Waals surface area contributed by atoms with Crippen LogP contribution in [-0.2, 0) is 6.42 Å². The smallest absolute Gasteiger partial charge is 0.133 e. The maximum atomic E-state index is 5.27. The molecule has 2 aromatic rings. The molecule has 0 saturated heterocycles. The van der Waals surface area contributed by atoms with Crippen LogP contribution in [0, 0.1) is 11.6 Å². The minimum absolute atomic E-state index is 0.644. The number of H-pyrrole nitrogens is 1. The second kappa shape index (κ2) is 5.14. The Labute approximate surface area is 105 Å². The fourth-order valence-electron chi connectivity index (χ4n) is 1.65. The zero-order chi connectivity index (χ0) is 12.3. The van der Waals surface area contributed by atoms with E-state index in [0.717, 1.165) is 35.5 Å². The van der Waals surface area contributed by atoms with E-state index in [1.165, 1.54) is 6.33 Å². The topological polar surface area (TPSA) is 54.5 Å². The van der Waals surface area contributed by atoms with Gasteiger partial charge in [-0.05, 0) is 13.3 Å². The van der Waals surface area contributed by atoms with Gasteiger partial charge in [0, 0.05) is 29.9 Å². The molecule has 2 aromatic heterocycles. The van der Waals surface area contributed by atoms with Crippen molar-refractivity contribution in [3.63, 3.8) is 0 Å². The predicted octanol–water partition coefficient (Wildman–Crippen LogP) is 2.86. The third-order valence-corrected chi connectivity index (χ3v) is 2.94. The van der Waals surface area contributed by atoms with Crippen LogP contribution in [0.25, 0.3) is 11.3 Å². The molecule has 0 amide bonds. The van der Waals surface area contributed by atoms with E-state index in [9.17, 15) is 0 Å². The summed E-state index contributed by atoms with van der Waals surface area (Å²) in [6.07, 6.45) is 6.99. The van der Waals surface area contributed by atoms with Gasteiger partial charge >= 0.3 is 0 Å². The van der Waals surface area contributed by atoms with E-state index in [-0.39, 0.29) is 0 Å². The first-order chi connectivity index (χ1) is 8.22. The summed E-state index contributed by atoms with van der Waals surface area (Å²) in [7, 11) is 0. The van der Waals surface area contributed by atoms with Gasteiger partial charge in [0.05, 0.1) is 5.69 Å². The molecule has 1 N–H and O–H groups in total. The predicted molar refractivity (Wildman–Crippen MR) is 69.2 cm³/mol. The van der Waals surface area contributed by atoms with Gasteiger partial charge in [0.1, 0.15) is 16.8 Å². The molecule has 0 fully saturated rings. The second-order valence-corrected chi connectivity index (χ2v) is 4.25. The first kappa shape index (κ1) is 11.9. The van der Waals surface area contributed by atoms with Crippen LogP contribution in [0.2, 0.25) is 0 Å². The van der Waals surface area contributed by atoms with Crippen LogP contribution in [0.1, 0.15) is 24.7 Å². The van der Waals surface area contributed by atoms with Gasteiger partial charge in [0.15, 0.2) is 0 Å². The Balaban J connectivity index is 2.57. The molecule has 4 nitrogen and oxygen atoms in total. The van der Waals surface area contributed by atoms with E-state index in [2.05, 4.69) is 26.9 Å². The van der Waals surface area contributed by atoms with Gasteiger partial charge in [0.2, 0.25) is 0 Å². The van der Waals surface area contributed by atoms with E-state index in [4.69, 9.17) is 12.2 Å². The lowest BCUT2D eigenvalue weighted by molar-refractivity contribution is 0.829. The van der Waals surface area contributed by atoms with Crippen LogP contribution in [0.3, 0.4) is 0 Å². The van der Waals surface area contributed by atoms with Crippen molar-refractivity contribution in [2.75, 3.05) is 0 Å². The van der Waals surface area contributed by atoms with Gasteiger partial charge in [0.25, 0.3) is 0 Å². The van der Waals surface area contributed by atoms with E-state index < -0.39 is 0 Å². The standard InChI is InChI=1S/C12H14N4S/c1-3-4-10-15-11(8(2)12(17)16-10)9-5-13-7-14-6-9/h5-7H,3-4H2,1-2H3,(H,15,16,17). The number of aromatic nitrogens is 4. The highest BCUT2D eigenvalue weighted by Crippen LogP contribution is 2.19. The Morgan fingerprint density at radius 3 is 2.65 bits per heavy atom. The summed E-state index contributed by atoms with van der Waals surface area (Å²) in [5.41, 5.74) is 2.87. The first-order valence-corrected chi connectivity index (χ1v) is 5.98. The highest BCUT2D eigenvalue weighted by Gasteiger charge is 2.07. The van der Waals surface area contributed by atoms with Crippen molar-refractivity contribution in [1.82, 2.24) is 19.9 Å². The largest absolute Gasteiger partial charge is 0.343 e. The van der Waals surface area contributed by atoms with E-state index in [1.807, 2.05) is 6.92 Å². The Bertz CT molecular complexity index is 562. The highest BCUT2D eigenvalue weighted by molar-refractivity contribution is 7.71. The molecule has 2 rings (SSSR count). The molecular weight excluding hydrogens is 232 g/mol. The number of nitrogens with zero attached hydrogens (tertiary/aromatic N) is 3. The van der Waals surface area contributed by atoms with Crippen LogP contribution in [0.5, 0.6) is 0 Å². The molecule has 0 atom stereocenters. The monoisotopic (exact) mass is 246 g/mol. The van der Waals surface area contributed by atoms with Gasteiger partial charge in [-0.2, -0.15) is 0 Å². The molecule has 0 aliphatic heterocycles. The quantitative estimate of drug-likeness (QED) is 0.846. The first-order valence-electron chi connectivity index (χ1n) is 5.57. The third kappa shape index (κ3) is 2.55.